The highest BCUT2D eigenvalue weighted by molar-refractivity contribution is 7.89. The van der Waals surface area contributed by atoms with Crippen LogP contribution in [0.2, 0.25) is 0 Å². The van der Waals surface area contributed by atoms with Gasteiger partial charge in [-0.05, 0) is 30.9 Å². The molecule has 0 radical (unpaired) electrons. The Bertz CT molecular complexity index is 625. The van der Waals surface area contributed by atoms with Gasteiger partial charge in [-0.25, -0.2) is 8.42 Å². The van der Waals surface area contributed by atoms with Crippen molar-refractivity contribution < 1.29 is 8.42 Å². The van der Waals surface area contributed by atoms with Crippen LogP contribution in [-0.2, 0) is 10.0 Å². The van der Waals surface area contributed by atoms with Crippen molar-refractivity contribution in [2.45, 2.75) is 36.6 Å². The zero-order valence-corrected chi connectivity index (χ0v) is 13.7. The first kappa shape index (κ1) is 14.7. The lowest BCUT2D eigenvalue weighted by Crippen LogP contribution is -2.56. The molecular formula is C17H24N2O2S. The minimum atomic E-state index is -3.31. The fourth-order valence-corrected chi connectivity index (χ4v) is 5.92. The average molecular weight is 320 g/mol. The van der Waals surface area contributed by atoms with Gasteiger partial charge in [0.15, 0.2) is 0 Å². The van der Waals surface area contributed by atoms with E-state index in [2.05, 4.69) is 4.90 Å². The zero-order chi connectivity index (χ0) is 15.2. The minimum Gasteiger partial charge on any atom is -0.298 e. The fourth-order valence-electron chi connectivity index (χ4n) is 4.38. The molecule has 5 heteroatoms. The molecule has 0 spiro atoms. The molecule has 1 aliphatic carbocycles. The predicted molar refractivity (Wildman–Crippen MR) is 86.0 cm³/mol. The van der Waals surface area contributed by atoms with Crippen LogP contribution in [0, 0.1) is 11.8 Å². The smallest absolute Gasteiger partial charge is 0.243 e. The van der Waals surface area contributed by atoms with E-state index in [0.717, 1.165) is 12.5 Å². The molecule has 0 N–H and O–H groups in total. The van der Waals surface area contributed by atoms with Gasteiger partial charge in [-0.2, -0.15) is 4.31 Å². The number of benzene rings is 1. The first-order valence-electron chi connectivity index (χ1n) is 8.44. The molecule has 120 valence electrons. The number of hydrogen-bond acceptors (Lipinski definition) is 3. The third kappa shape index (κ3) is 2.49. The molecule has 3 fully saturated rings. The van der Waals surface area contributed by atoms with Gasteiger partial charge in [0.25, 0.3) is 0 Å². The van der Waals surface area contributed by atoms with Crippen LogP contribution in [0.3, 0.4) is 0 Å². The first-order chi connectivity index (χ1) is 10.6. The molecule has 3 aliphatic rings. The van der Waals surface area contributed by atoms with Gasteiger partial charge in [-0.1, -0.05) is 31.0 Å². The maximum absolute atomic E-state index is 12.7. The van der Waals surface area contributed by atoms with E-state index in [4.69, 9.17) is 0 Å². The van der Waals surface area contributed by atoms with Gasteiger partial charge in [0.05, 0.1) is 4.90 Å². The second-order valence-corrected chi connectivity index (χ2v) is 9.00. The summed E-state index contributed by atoms with van der Waals surface area (Å²) in [6.07, 6.45) is 5.47. The van der Waals surface area contributed by atoms with Gasteiger partial charge in [0.2, 0.25) is 10.0 Å². The second kappa shape index (κ2) is 5.62. The molecule has 2 saturated heterocycles. The van der Waals surface area contributed by atoms with Gasteiger partial charge in [0.1, 0.15) is 0 Å². The quantitative estimate of drug-likeness (QED) is 0.854. The summed E-state index contributed by atoms with van der Waals surface area (Å²) in [5.74, 6) is 1.39. The van der Waals surface area contributed by atoms with Gasteiger partial charge in [-0.15, -0.1) is 0 Å². The van der Waals surface area contributed by atoms with Crippen molar-refractivity contribution in [1.29, 1.82) is 0 Å². The number of nitrogens with zero attached hydrogens (tertiary/aromatic N) is 2. The first-order valence-corrected chi connectivity index (χ1v) is 9.88. The van der Waals surface area contributed by atoms with Crippen molar-refractivity contribution in [2.75, 3.05) is 26.2 Å². The van der Waals surface area contributed by atoms with Crippen LogP contribution < -0.4 is 0 Å². The highest BCUT2D eigenvalue weighted by Gasteiger charge is 2.49. The molecule has 0 aromatic heterocycles. The van der Waals surface area contributed by atoms with E-state index in [1.807, 2.05) is 6.07 Å². The average Bonchev–Trinajstić information content (AvgIpc) is 3.13. The fraction of sp³-hybridized carbons (Fsp3) is 0.647. The van der Waals surface area contributed by atoms with Crippen LogP contribution in [0.4, 0.5) is 0 Å². The molecule has 4 nitrogen and oxygen atoms in total. The van der Waals surface area contributed by atoms with Gasteiger partial charge >= 0.3 is 0 Å². The van der Waals surface area contributed by atoms with Crippen LogP contribution in [0.15, 0.2) is 35.2 Å². The Kier molecular flexibility index (Phi) is 3.75. The van der Waals surface area contributed by atoms with Crippen molar-refractivity contribution in [3.63, 3.8) is 0 Å². The topological polar surface area (TPSA) is 40.6 Å². The summed E-state index contributed by atoms with van der Waals surface area (Å²) in [6, 6.07) is 9.31. The van der Waals surface area contributed by atoms with Crippen molar-refractivity contribution in [3.8, 4) is 0 Å². The van der Waals surface area contributed by atoms with Crippen LogP contribution in [-0.4, -0.2) is 49.8 Å². The van der Waals surface area contributed by atoms with E-state index < -0.39 is 10.0 Å². The molecular weight excluding hydrogens is 296 g/mol. The van der Waals surface area contributed by atoms with E-state index in [-0.39, 0.29) is 0 Å². The van der Waals surface area contributed by atoms with Crippen molar-refractivity contribution >= 4 is 10.0 Å². The van der Waals surface area contributed by atoms with Crippen LogP contribution >= 0.6 is 0 Å². The minimum absolute atomic E-state index is 0.429. The van der Waals surface area contributed by atoms with Crippen LogP contribution in [0.25, 0.3) is 0 Å². The molecule has 0 bridgehead atoms. The zero-order valence-electron chi connectivity index (χ0n) is 12.9. The molecule has 1 saturated carbocycles. The molecule has 2 aliphatic heterocycles. The summed E-state index contributed by atoms with van der Waals surface area (Å²) < 4.78 is 27.1. The lowest BCUT2D eigenvalue weighted by Gasteiger charge is -2.44. The van der Waals surface area contributed by atoms with Crippen molar-refractivity contribution in [1.82, 2.24) is 9.21 Å². The van der Waals surface area contributed by atoms with E-state index in [1.165, 1.54) is 32.2 Å². The molecule has 0 unspecified atom stereocenters. The predicted octanol–water partition coefficient (Wildman–Crippen LogP) is 2.18. The SMILES string of the molecule is O=S(=O)(c1ccccc1)N1C[C@H]2CN(CC3CCCC3)[C@@H]2C1. The lowest BCUT2D eigenvalue weighted by molar-refractivity contribution is 0.0365. The number of hydrogen-bond donors (Lipinski definition) is 0. The summed E-state index contributed by atoms with van der Waals surface area (Å²) >= 11 is 0. The summed E-state index contributed by atoms with van der Waals surface area (Å²) in [5, 5.41) is 0. The van der Waals surface area contributed by atoms with Gasteiger partial charge in [-0.3, -0.25) is 4.90 Å². The highest BCUT2D eigenvalue weighted by atomic mass is 32.2. The molecule has 2 heterocycles. The molecule has 1 aromatic carbocycles. The molecule has 22 heavy (non-hydrogen) atoms. The summed E-state index contributed by atoms with van der Waals surface area (Å²) in [6.45, 7) is 3.64. The second-order valence-electron chi connectivity index (χ2n) is 7.07. The van der Waals surface area contributed by atoms with Gasteiger partial charge < -0.3 is 0 Å². The molecule has 2 atom stereocenters. The summed E-state index contributed by atoms with van der Waals surface area (Å²) in [7, 11) is -3.31. The van der Waals surface area contributed by atoms with E-state index >= 15 is 0 Å². The number of rotatable bonds is 4. The number of sulfonamides is 1. The molecule has 0 amide bonds. The van der Waals surface area contributed by atoms with E-state index in [0.29, 0.717) is 29.9 Å². The maximum Gasteiger partial charge on any atom is 0.243 e. The Morgan fingerprint density at radius 3 is 2.45 bits per heavy atom. The lowest BCUT2D eigenvalue weighted by atomic mass is 9.90. The van der Waals surface area contributed by atoms with Crippen LogP contribution in [0.1, 0.15) is 25.7 Å². The van der Waals surface area contributed by atoms with E-state index in [9.17, 15) is 8.42 Å². The number of likely N-dealkylation sites (tertiary alicyclic amines) is 1. The van der Waals surface area contributed by atoms with Crippen molar-refractivity contribution in [3.05, 3.63) is 30.3 Å². The van der Waals surface area contributed by atoms with E-state index in [1.54, 1.807) is 28.6 Å². The van der Waals surface area contributed by atoms with Crippen molar-refractivity contribution in [2.24, 2.45) is 11.8 Å². The maximum atomic E-state index is 12.7. The normalized spacial score (nSPS) is 30.4. The Morgan fingerprint density at radius 1 is 1.00 bits per heavy atom. The Balaban J connectivity index is 1.42. The Hall–Kier alpha value is -0.910. The standard InChI is InChI=1S/C17H24N2O2S/c20-22(21,16-8-2-1-3-9-16)19-12-15-11-18(17(15)13-19)10-14-6-4-5-7-14/h1-3,8-9,14-15,17H,4-7,10-13H2/t15-,17-/m1/s1. The number of fused-ring (bicyclic) bond motifs is 1. The summed E-state index contributed by atoms with van der Waals surface area (Å²) in [4.78, 5) is 2.96. The Morgan fingerprint density at radius 2 is 1.73 bits per heavy atom. The third-order valence-electron chi connectivity index (χ3n) is 5.66. The monoisotopic (exact) mass is 320 g/mol. The summed E-state index contributed by atoms with van der Waals surface area (Å²) in [5.41, 5.74) is 0. The molecule has 1 aromatic rings. The largest absolute Gasteiger partial charge is 0.298 e. The van der Waals surface area contributed by atoms with Gasteiger partial charge in [0, 0.05) is 38.1 Å². The highest BCUT2D eigenvalue weighted by Crippen LogP contribution is 2.37. The van der Waals surface area contributed by atoms with Crippen LogP contribution in [0.5, 0.6) is 0 Å². The Labute approximate surface area is 133 Å². The third-order valence-corrected chi connectivity index (χ3v) is 7.51. The molecule has 4 rings (SSSR count).